The van der Waals surface area contributed by atoms with E-state index in [2.05, 4.69) is 37.2 Å². The lowest BCUT2D eigenvalue weighted by molar-refractivity contribution is -0.124. The van der Waals surface area contributed by atoms with Crippen LogP contribution in [0.2, 0.25) is 0 Å². The predicted octanol–water partition coefficient (Wildman–Crippen LogP) is 4.94. The molecule has 2 heterocycles. The van der Waals surface area contributed by atoms with E-state index in [1.807, 2.05) is 29.2 Å². The summed E-state index contributed by atoms with van der Waals surface area (Å²) in [7, 11) is 0. The van der Waals surface area contributed by atoms with Gasteiger partial charge in [-0.05, 0) is 49.3 Å². The number of ketones is 1. The van der Waals surface area contributed by atoms with Crippen molar-refractivity contribution in [2.75, 3.05) is 19.3 Å². The predicted molar refractivity (Wildman–Crippen MR) is 115 cm³/mol. The SMILES string of the molecule is CSc1ccc(-c2ccc(C(=O)N3CCC[C@@H](C(=O)CC(C)C)C3)cn2)cc1. The van der Waals surface area contributed by atoms with Crippen LogP contribution in [0.15, 0.2) is 47.5 Å². The van der Waals surface area contributed by atoms with Gasteiger partial charge in [0.2, 0.25) is 0 Å². The molecule has 1 atom stereocenters. The van der Waals surface area contributed by atoms with Gasteiger partial charge in [0.1, 0.15) is 5.78 Å². The van der Waals surface area contributed by atoms with Crippen molar-refractivity contribution in [1.29, 1.82) is 0 Å². The van der Waals surface area contributed by atoms with Gasteiger partial charge < -0.3 is 4.90 Å². The zero-order chi connectivity index (χ0) is 20.1. The fourth-order valence-corrected chi connectivity index (χ4v) is 4.04. The summed E-state index contributed by atoms with van der Waals surface area (Å²) in [5.74, 6) is 0.594. The first-order chi connectivity index (χ1) is 13.5. The van der Waals surface area contributed by atoms with Crippen molar-refractivity contribution >= 4 is 23.5 Å². The Hall–Kier alpha value is -2.14. The van der Waals surface area contributed by atoms with Crippen LogP contribution in [0.5, 0.6) is 0 Å². The number of piperidine rings is 1. The molecule has 1 fully saturated rings. The van der Waals surface area contributed by atoms with E-state index in [4.69, 9.17) is 0 Å². The lowest BCUT2D eigenvalue weighted by Gasteiger charge is -2.32. The van der Waals surface area contributed by atoms with Gasteiger partial charge in [0.15, 0.2) is 0 Å². The molecule has 5 heteroatoms. The summed E-state index contributed by atoms with van der Waals surface area (Å²) in [6.45, 7) is 5.36. The van der Waals surface area contributed by atoms with Crippen LogP contribution in [0.25, 0.3) is 11.3 Å². The molecule has 2 aromatic rings. The first kappa shape index (κ1) is 20.6. The van der Waals surface area contributed by atoms with Crippen molar-refractivity contribution in [3.8, 4) is 11.3 Å². The summed E-state index contributed by atoms with van der Waals surface area (Å²) < 4.78 is 0. The number of carbonyl (C=O) groups is 2. The van der Waals surface area contributed by atoms with Crippen molar-refractivity contribution < 1.29 is 9.59 Å². The molecule has 1 aliphatic heterocycles. The summed E-state index contributed by atoms with van der Waals surface area (Å²) in [6.07, 6.45) is 6.07. The van der Waals surface area contributed by atoms with E-state index in [1.54, 1.807) is 18.0 Å². The number of pyridine rings is 1. The number of aromatic nitrogens is 1. The number of rotatable bonds is 6. The van der Waals surface area contributed by atoms with Crippen molar-refractivity contribution in [2.45, 2.75) is 38.0 Å². The molecule has 0 bridgehead atoms. The second kappa shape index (κ2) is 9.37. The molecule has 0 aliphatic carbocycles. The number of thioether (sulfide) groups is 1. The maximum atomic E-state index is 12.9. The van der Waals surface area contributed by atoms with E-state index in [9.17, 15) is 9.59 Å². The molecule has 0 unspecified atom stereocenters. The van der Waals surface area contributed by atoms with Crippen molar-refractivity contribution in [1.82, 2.24) is 9.88 Å². The molecule has 0 N–H and O–H groups in total. The molecule has 1 amide bonds. The average Bonchev–Trinajstić information content (AvgIpc) is 2.73. The molecule has 28 heavy (non-hydrogen) atoms. The average molecular weight is 397 g/mol. The minimum Gasteiger partial charge on any atom is -0.338 e. The normalized spacial score (nSPS) is 17.0. The van der Waals surface area contributed by atoms with Gasteiger partial charge in [0, 0.05) is 42.1 Å². The number of benzene rings is 1. The molecule has 1 aromatic carbocycles. The second-order valence-corrected chi connectivity index (χ2v) is 8.69. The maximum absolute atomic E-state index is 12.9. The molecule has 1 saturated heterocycles. The summed E-state index contributed by atoms with van der Waals surface area (Å²) in [6, 6.07) is 12.0. The summed E-state index contributed by atoms with van der Waals surface area (Å²) in [5.41, 5.74) is 2.48. The van der Waals surface area contributed by atoms with E-state index >= 15 is 0 Å². The Morgan fingerprint density at radius 2 is 1.93 bits per heavy atom. The molecule has 0 spiro atoms. The number of amides is 1. The molecule has 0 saturated carbocycles. The van der Waals surface area contributed by atoms with Gasteiger partial charge in [-0.2, -0.15) is 0 Å². The molecule has 148 valence electrons. The first-order valence-corrected chi connectivity index (χ1v) is 11.1. The Morgan fingerprint density at radius 3 is 2.54 bits per heavy atom. The smallest absolute Gasteiger partial charge is 0.255 e. The van der Waals surface area contributed by atoms with Crippen LogP contribution in [0.4, 0.5) is 0 Å². The van der Waals surface area contributed by atoms with Crippen molar-refractivity contribution in [2.24, 2.45) is 11.8 Å². The second-order valence-electron chi connectivity index (χ2n) is 7.82. The Balaban J connectivity index is 1.67. The largest absolute Gasteiger partial charge is 0.338 e. The van der Waals surface area contributed by atoms with Crippen LogP contribution >= 0.6 is 11.8 Å². The van der Waals surface area contributed by atoms with Gasteiger partial charge in [-0.3, -0.25) is 14.6 Å². The summed E-state index contributed by atoms with van der Waals surface area (Å²) in [4.78, 5) is 32.8. The van der Waals surface area contributed by atoms with Crippen LogP contribution < -0.4 is 0 Å². The number of Topliss-reactive ketones (excluding diaryl/α,β-unsaturated/α-hetero) is 1. The van der Waals surface area contributed by atoms with Gasteiger partial charge in [-0.1, -0.05) is 26.0 Å². The Kier molecular flexibility index (Phi) is 6.89. The quantitative estimate of drug-likeness (QED) is 0.649. The maximum Gasteiger partial charge on any atom is 0.255 e. The highest BCUT2D eigenvalue weighted by Crippen LogP contribution is 2.24. The third-order valence-corrected chi connectivity index (χ3v) is 5.91. The van der Waals surface area contributed by atoms with Crippen LogP contribution in [0, 0.1) is 11.8 Å². The fraction of sp³-hybridized carbons (Fsp3) is 0.435. The van der Waals surface area contributed by atoms with Crippen molar-refractivity contribution in [3.63, 3.8) is 0 Å². The number of hydrogen-bond acceptors (Lipinski definition) is 4. The fourth-order valence-electron chi connectivity index (χ4n) is 3.63. The molecular weight excluding hydrogens is 368 g/mol. The summed E-state index contributed by atoms with van der Waals surface area (Å²) >= 11 is 1.71. The van der Waals surface area contributed by atoms with Gasteiger partial charge in [0.25, 0.3) is 5.91 Å². The molecule has 1 aromatic heterocycles. The zero-order valence-electron chi connectivity index (χ0n) is 16.9. The van der Waals surface area contributed by atoms with E-state index in [0.29, 0.717) is 31.0 Å². The summed E-state index contributed by atoms with van der Waals surface area (Å²) in [5, 5.41) is 0. The highest BCUT2D eigenvalue weighted by molar-refractivity contribution is 7.98. The van der Waals surface area contributed by atoms with Gasteiger partial charge >= 0.3 is 0 Å². The highest BCUT2D eigenvalue weighted by atomic mass is 32.2. The lowest BCUT2D eigenvalue weighted by atomic mass is 9.89. The third-order valence-electron chi connectivity index (χ3n) is 5.17. The molecule has 3 rings (SSSR count). The van der Waals surface area contributed by atoms with E-state index in [0.717, 1.165) is 24.1 Å². The molecule has 0 radical (unpaired) electrons. The highest BCUT2D eigenvalue weighted by Gasteiger charge is 2.29. The van der Waals surface area contributed by atoms with Crippen LogP contribution in [-0.4, -0.2) is 40.9 Å². The van der Waals surface area contributed by atoms with Crippen LogP contribution in [0.1, 0.15) is 43.5 Å². The number of hydrogen-bond donors (Lipinski definition) is 0. The van der Waals surface area contributed by atoms with E-state index in [-0.39, 0.29) is 17.6 Å². The Labute approximate surface area is 171 Å². The first-order valence-electron chi connectivity index (χ1n) is 9.90. The Bertz CT molecular complexity index is 816. The number of nitrogens with zero attached hydrogens (tertiary/aromatic N) is 2. The Morgan fingerprint density at radius 1 is 1.18 bits per heavy atom. The molecule has 1 aliphatic rings. The van der Waals surface area contributed by atoms with Crippen LogP contribution in [-0.2, 0) is 4.79 Å². The lowest BCUT2D eigenvalue weighted by Crippen LogP contribution is -2.42. The zero-order valence-corrected chi connectivity index (χ0v) is 17.7. The van der Waals surface area contributed by atoms with Gasteiger partial charge in [-0.15, -0.1) is 11.8 Å². The third kappa shape index (κ3) is 5.02. The standard InChI is InChI=1S/C23H28N2O2S/c1-16(2)13-22(26)19-5-4-12-25(15-19)23(27)18-8-11-21(24-14-18)17-6-9-20(28-3)10-7-17/h6-11,14,16,19H,4-5,12-13,15H2,1-3H3/t19-/m1/s1. The molecular formula is C23H28N2O2S. The van der Waals surface area contributed by atoms with Crippen LogP contribution in [0.3, 0.4) is 0 Å². The van der Waals surface area contributed by atoms with Gasteiger partial charge in [0.05, 0.1) is 11.3 Å². The molecule has 4 nitrogen and oxygen atoms in total. The minimum atomic E-state index is -0.0289. The van der Waals surface area contributed by atoms with E-state index in [1.165, 1.54) is 4.90 Å². The monoisotopic (exact) mass is 396 g/mol. The van der Waals surface area contributed by atoms with Gasteiger partial charge in [-0.25, -0.2) is 0 Å². The van der Waals surface area contributed by atoms with E-state index < -0.39 is 0 Å². The van der Waals surface area contributed by atoms with Crippen molar-refractivity contribution in [3.05, 3.63) is 48.2 Å². The number of carbonyl (C=O) groups excluding carboxylic acids is 2. The topological polar surface area (TPSA) is 50.3 Å². The number of likely N-dealkylation sites (tertiary alicyclic amines) is 1. The minimum absolute atomic E-state index is 0.0257.